The van der Waals surface area contributed by atoms with E-state index in [-0.39, 0.29) is 24.0 Å². The second kappa shape index (κ2) is 8.68. The highest BCUT2D eigenvalue weighted by atomic mass is 79.9. The molecule has 3 atom stereocenters. The molecule has 2 aromatic heterocycles. The summed E-state index contributed by atoms with van der Waals surface area (Å²) >= 11 is 9.14. The molecule has 0 bridgehead atoms. The van der Waals surface area contributed by atoms with Crippen molar-refractivity contribution >= 4 is 33.3 Å². The molecule has 1 N–H and O–H groups in total. The maximum absolute atomic E-state index is 13.5. The van der Waals surface area contributed by atoms with E-state index in [0.717, 1.165) is 36.5 Å². The Morgan fingerprint density at radius 3 is 2.87 bits per heavy atom. The van der Waals surface area contributed by atoms with Crippen molar-refractivity contribution in [2.75, 3.05) is 13.2 Å². The number of pyridine rings is 1. The van der Waals surface area contributed by atoms with Crippen molar-refractivity contribution in [3.63, 3.8) is 0 Å². The van der Waals surface area contributed by atoms with Gasteiger partial charge in [-0.1, -0.05) is 6.07 Å². The summed E-state index contributed by atoms with van der Waals surface area (Å²) < 4.78 is 26.4. The molecule has 0 radical (unpaired) electrons. The third-order valence-electron chi connectivity index (χ3n) is 5.74. The van der Waals surface area contributed by atoms with Gasteiger partial charge in [-0.15, -0.1) is 0 Å². The summed E-state index contributed by atoms with van der Waals surface area (Å²) in [5, 5.41) is 4.10. The largest absolute Gasteiger partial charge is 0.459 e. The highest BCUT2D eigenvalue weighted by molar-refractivity contribution is 9.10. The average molecular weight is 502 g/mol. The van der Waals surface area contributed by atoms with Crippen LogP contribution in [-0.2, 0) is 4.74 Å². The molecule has 0 amide bonds. The third kappa shape index (κ3) is 4.12. The Labute approximate surface area is 193 Å². The lowest BCUT2D eigenvalue weighted by molar-refractivity contribution is 0.0818. The summed E-state index contributed by atoms with van der Waals surface area (Å²) in [5.74, 6) is 1.13. The van der Waals surface area contributed by atoms with Gasteiger partial charge in [0.15, 0.2) is 5.11 Å². The molecule has 0 aliphatic carbocycles. The number of ether oxygens (including phenoxy) is 1. The van der Waals surface area contributed by atoms with E-state index in [4.69, 9.17) is 21.4 Å². The number of halogens is 2. The van der Waals surface area contributed by atoms with Crippen molar-refractivity contribution in [1.82, 2.24) is 15.2 Å². The summed E-state index contributed by atoms with van der Waals surface area (Å²) in [5.41, 5.74) is 1.69. The van der Waals surface area contributed by atoms with Gasteiger partial charge in [0.25, 0.3) is 0 Å². The van der Waals surface area contributed by atoms with Crippen molar-refractivity contribution in [2.45, 2.75) is 31.0 Å². The van der Waals surface area contributed by atoms with E-state index in [9.17, 15) is 4.39 Å². The molecule has 5 rings (SSSR count). The molecule has 3 aromatic rings. The minimum Gasteiger partial charge on any atom is -0.459 e. The number of thiocarbonyl (C=S) groups is 1. The smallest absolute Gasteiger partial charge is 0.170 e. The first-order chi connectivity index (χ1) is 15.1. The molecule has 2 aliphatic heterocycles. The summed E-state index contributed by atoms with van der Waals surface area (Å²) in [6.45, 7) is 1.48. The topological polar surface area (TPSA) is 50.5 Å². The molecular weight excluding hydrogens is 481 g/mol. The van der Waals surface area contributed by atoms with Crippen LogP contribution in [0.2, 0.25) is 0 Å². The molecule has 0 saturated carbocycles. The summed E-state index contributed by atoms with van der Waals surface area (Å²) in [7, 11) is 0. The standard InChI is InChI=1S/C23H21BrFN3O2S/c24-17-12-14(25)6-7-16(17)19-8-9-20(30-19)22-21(18-5-1-2-10-26-18)27-23(31)28(22)13-15-4-3-11-29-15/h1-2,5-10,12,15,21-22H,3-4,11,13H2,(H,27,31)/t15-,21+,22+/m0/s1. The highest BCUT2D eigenvalue weighted by Gasteiger charge is 2.42. The number of rotatable bonds is 5. The molecule has 2 saturated heterocycles. The fourth-order valence-electron chi connectivity index (χ4n) is 4.26. The van der Waals surface area contributed by atoms with Crippen LogP contribution in [0.25, 0.3) is 11.3 Å². The maximum atomic E-state index is 13.5. The monoisotopic (exact) mass is 501 g/mol. The van der Waals surface area contributed by atoms with Crippen LogP contribution in [0.4, 0.5) is 4.39 Å². The lowest BCUT2D eigenvalue weighted by Gasteiger charge is -2.28. The Morgan fingerprint density at radius 2 is 2.13 bits per heavy atom. The molecule has 4 heterocycles. The van der Waals surface area contributed by atoms with Gasteiger partial charge < -0.3 is 19.4 Å². The molecule has 5 nitrogen and oxygen atoms in total. The molecule has 0 spiro atoms. The van der Waals surface area contributed by atoms with E-state index in [1.807, 2.05) is 30.3 Å². The summed E-state index contributed by atoms with van der Waals surface area (Å²) in [6.07, 6.45) is 4.01. The van der Waals surface area contributed by atoms with Crippen LogP contribution < -0.4 is 5.32 Å². The van der Waals surface area contributed by atoms with Gasteiger partial charge in [-0.3, -0.25) is 4.98 Å². The molecule has 2 aliphatic rings. The van der Waals surface area contributed by atoms with Crippen molar-refractivity contribution in [2.24, 2.45) is 0 Å². The van der Waals surface area contributed by atoms with Crippen LogP contribution in [-0.4, -0.2) is 34.3 Å². The number of benzene rings is 1. The number of nitrogens with one attached hydrogen (secondary N) is 1. The molecule has 1 aromatic carbocycles. The van der Waals surface area contributed by atoms with Crippen molar-refractivity contribution in [3.05, 3.63) is 76.5 Å². The van der Waals surface area contributed by atoms with Gasteiger partial charge in [0.05, 0.1) is 17.8 Å². The predicted molar refractivity (Wildman–Crippen MR) is 123 cm³/mol. The molecule has 2 fully saturated rings. The van der Waals surface area contributed by atoms with Crippen LogP contribution >= 0.6 is 28.1 Å². The molecular formula is C23H21BrFN3O2S. The van der Waals surface area contributed by atoms with Gasteiger partial charge in [-0.05, 0) is 83.5 Å². The van der Waals surface area contributed by atoms with Crippen LogP contribution in [0.1, 0.15) is 36.4 Å². The molecule has 160 valence electrons. The van der Waals surface area contributed by atoms with Crippen LogP contribution in [0, 0.1) is 5.82 Å². The van der Waals surface area contributed by atoms with Gasteiger partial charge in [-0.2, -0.15) is 0 Å². The summed E-state index contributed by atoms with van der Waals surface area (Å²) in [6, 6.07) is 14.0. The Kier molecular flexibility index (Phi) is 5.77. The second-order valence-electron chi connectivity index (χ2n) is 7.74. The third-order valence-corrected chi connectivity index (χ3v) is 6.75. The zero-order chi connectivity index (χ0) is 21.4. The SMILES string of the molecule is Fc1ccc(-c2ccc([C@@H]3[C@@H](c4ccccn4)NC(=S)N3C[C@@H]3CCCO3)o2)c(Br)c1. The lowest BCUT2D eigenvalue weighted by atomic mass is 10.0. The lowest BCUT2D eigenvalue weighted by Crippen LogP contribution is -2.36. The van der Waals surface area contributed by atoms with E-state index in [1.165, 1.54) is 12.1 Å². The normalized spacial score (nSPS) is 23.4. The van der Waals surface area contributed by atoms with Gasteiger partial charge in [-0.25, -0.2) is 4.39 Å². The van der Waals surface area contributed by atoms with Crippen molar-refractivity contribution in [3.8, 4) is 11.3 Å². The predicted octanol–water partition coefficient (Wildman–Crippen LogP) is 5.39. The number of hydrogen-bond donors (Lipinski definition) is 1. The zero-order valence-electron chi connectivity index (χ0n) is 16.6. The Morgan fingerprint density at radius 1 is 1.23 bits per heavy atom. The molecule has 31 heavy (non-hydrogen) atoms. The Hall–Kier alpha value is -2.29. The van der Waals surface area contributed by atoms with E-state index >= 15 is 0 Å². The summed E-state index contributed by atoms with van der Waals surface area (Å²) in [4.78, 5) is 6.70. The number of hydrogen-bond acceptors (Lipinski definition) is 4. The number of furan rings is 1. The first-order valence-corrected chi connectivity index (χ1v) is 11.4. The average Bonchev–Trinajstić information content (AvgIpc) is 3.51. The first kappa shape index (κ1) is 20.6. The quantitative estimate of drug-likeness (QED) is 0.472. The fraction of sp³-hybridized carbons (Fsp3) is 0.304. The first-order valence-electron chi connectivity index (χ1n) is 10.2. The van der Waals surface area contributed by atoms with Crippen molar-refractivity contribution < 1.29 is 13.5 Å². The van der Waals surface area contributed by atoms with Gasteiger partial charge >= 0.3 is 0 Å². The minimum absolute atomic E-state index is 0.144. The van der Waals surface area contributed by atoms with Crippen molar-refractivity contribution in [1.29, 1.82) is 0 Å². The van der Waals surface area contributed by atoms with Gasteiger partial charge in [0.1, 0.15) is 23.4 Å². The van der Waals surface area contributed by atoms with Gasteiger partial charge in [0.2, 0.25) is 0 Å². The fourth-order valence-corrected chi connectivity index (χ4v) is 5.13. The van der Waals surface area contributed by atoms with Crippen LogP contribution in [0.5, 0.6) is 0 Å². The van der Waals surface area contributed by atoms with E-state index in [2.05, 4.69) is 31.1 Å². The minimum atomic E-state index is -0.300. The second-order valence-corrected chi connectivity index (χ2v) is 8.98. The van der Waals surface area contributed by atoms with E-state index < -0.39 is 0 Å². The van der Waals surface area contributed by atoms with Crippen LogP contribution in [0.15, 0.2) is 63.6 Å². The molecule has 8 heteroatoms. The number of nitrogens with zero attached hydrogens (tertiary/aromatic N) is 2. The zero-order valence-corrected chi connectivity index (χ0v) is 19.0. The number of aromatic nitrogens is 1. The van der Waals surface area contributed by atoms with Crippen LogP contribution in [0.3, 0.4) is 0 Å². The Balaban J connectivity index is 1.51. The highest BCUT2D eigenvalue weighted by Crippen LogP contribution is 2.41. The maximum Gasteiger partial charge on any atom is 0.170 e. The Bertz CT molecular complexity index is 1090. The molecule has 0 unspecified atom stereocenters. The van der Waals surface area contributed by atoms with E-state index in [0.29, 0.717) is 21.9 Å². The van der Waals surface area contributed by atoms with E-state index in [1.54, 1.807) is 12.3 Å². The van der Waals surface area contributed by atoms with Gasteiger partial charge in [0, 0.05) is 29.4 Å².